The average molecular weight is 320 g/mol. The molecule has 0 aromatic rings. The maximum atomic E-state index is 13.2. The van der Waals surface area contributed by atoms with Crippen molar-refractivity contribution in [1.82, 2.24) is 0 Å². The lowest BCUT2D eigenvalue weighted by atomic mass is 9.44. The van der Waals surface area contributed by atoms with Gasteiger partial charge in [0.25, 0.3) is 0 Å². The Morgan fingerprint density at radius 2 is 1.87 bits per heavy atom. The van der Waals surface area contributed by atoms with Crippen LogP contribution in [0.2, 0.25) is 0 Å². The normalized spacial score (nSPS) is 55.9. The van der Waals surface area contributed by atoms with E-state index in [4.69, 9.17) is 4.74 Å². The van der Waals surface area contributed by atoms with Crippen LogP contribution < -0.4 is 0 Å². The van der Waals surface area contributed by atoms with Gasteiger partial charge >= 0.3 is 0 Å². The molecule has 130 valence electrons. The van der Waals surface area contributed by atoms with Crippen LogP contribution in [0.4, 0.5) is 0 Å². The van der Waals surface area contributed by atoms with Gasteiger partial charge in [0, 0.05) is 19.4 Å². The lowest BCUT2D eigenvalue weighted by Gasteiger charge is -2.60. The second kappa shape index (κ2) is 5.29. The Balaban J connectivity index is 1.70. The first-order valence-electron chi connectivity index (χ1n) is 9.64. The van der Waals surface area contributed by atoms with Gasteiger partial charge in [0.15, 0.2) is 0 Å². The van der Waals surface area contributed by atoms with Crippen LogP contribution in [0.1, 0.15) is 65.2 Å². The van der Waals surface area contributed by atoms with Crippen LogP contribution in [0.5, 0.6) is 0 Å². The van der Waals surface area contributed by atoms with Gasteiger partial charge in [-0.25, -0.2) is 0 Å². The number of ether oxygens (including phenoxy) is 1. The zero-order valence-electron chi connectivity index (χ0n) is 14.9. The summed E-state index contributed by atoms with van der Waals surface area (Å²) in [4.78, 5) is 13.2. The van der Waals surface area contributed by atoms with Crippen molar-refractivity contribution in [2.45, 2.75) is 77.4 Å². The predicted molar refractivity (Wildman–Crippen MR) is 88.9 cm³/mol. The van der Waals surface area contributed by atoms with Gasteiger partial charge < -0.3 is 9.84 Å². The number of Topliss-reactive ketones (excluding diaryl/α,β-unsaturated/α-hetero) is 1. The van der Waals surface area contributed by atoms with E-state index >= 15 is 0 Å². The molecule has 3 nitrogen and oxygen atoms in total. The van der Waals surface area contributed by atoms with Gasteiger partial charge in [-0.2, -0.15) is 0 Å². The largest absolute Gasteiger partial charge is 0.390 e. The molecule has 4 fully saturated rings. The highest BCUT2D eigenvalue weighted by Crippen LogP contribution is 2.65. The molecule has 4 saturated carbocycles. The minimum Gasteiger partial charge on any atom is -0.390 e. The first kappa shape index (κ1) is 16.1. The summed E-state index contributed by atoms with van der Waals surface area (Å²) in [6.07, 6.45) is 8.26. The Bertz CT molecular complexity index is 503. The Kier molecular flexibility index (Phi) is 3.70. The third-order valence-corrected chi connectivity index (χ3v) is 8.42. The van der Waals surface area contributed by atoms with Gasteiger partial charge in [0.05, 0.1) is 12.2 Å². The molecule has 23 heavy (non-hydrogen) atoms. The topological polar surface area (TPSA) is 46.5 Å². The molecule has 4 rings (SSSR count). The van der Waals surface area contributed by atoms with Crippen LogP contribution in [-0.2, 0) is 9.53 Å². The van der Waals surface area contributed by atoms with E-state index in [-0.39, 0.29) is 29.0 Å². The molecule has 0 radical (unpaired) electrons. The Hall–Kier alpha value is -0.410. The third kappa shape index (κ3) is 2.12. The van der Waals surface area contributed by atoms with Crippen LogP contribution in [0.25, 0.3) is 0 Å². The summed E-state index contributed by atoms with van der Waals surface area (Å²) in [6, 6.07) is 0. The number of hydrogen-bond acceptors (Lipinski definition) is 3. The molecule has 0 heterocycles. The quantitative estimate of drug-likeness (QED) is 0.803. The highest BCUT2D eigenvalue weighted by molar-refractivity contribution is 5.84. The molecule has 0 amide bonds. The van der Waals surface area contributed by atoms with Crippen molar-refractivity contribution in [3.05, 3.63) is 0 Å². The lowest BCUT2D eigenvalue weighted by molar-refractivity contribution is -0.184. The third-order valence-electron chi connectivity index (χ3n) is 8.42. The summed E-state index contributed by atoms with van der Waals surface area (Å²) in [5.74, 6) is 2.40. The predicted octanol–water partition coefficient (Wildman–Crippen LogP) is 3.58. The summed E-state index contributed by atoms with van der Waals surface area (Å²) in [5.41, 5.74) is 0.306. The van der Waals surface area contributed by atoms with Gasteiger partial charge in [0.2, 0.25) is 0 Å². The van der Waals surface area contributed by atoms with Crippen LogP contribution in [0.3, 0.4) is 0 Å². The smallest absolute Gasteiger partial charge is 0.137 e. The molecule has 1 N–H and O–H groups in total. The van der Waals surface area contributed by atoms with E-state index < -0.39 is 0 Å². The second-order valence-corrected chi connectivity index (χ2v) is 9.43. The van der Waals surface area contributed by atoms with Gasteiger partial charge in [-0.05, 0) is 67.1 Å². The minimum atomic E-state index is -0.356. The summed E-state index contributed by atoms with van der Waals surface area (Å²) in [5, 5.41) is 10.4. The minimum absolute atomic E-state index is 0.0316. The molecule has 4 aliphatic rings. The van der Waals surface area contributed by atoms with E-state index in [1.165, 1.54) is 19.3 Å². The van der Waals surface area contributed by atoms with Crippen molar-refractivity contribution < 1.29 is 14.6 Å². The number of carbonyl (C=O) groups excluding carboxylic acids is 1. The van der Waals surface area contributed by atoms with Crippen LogP contribution in [-0.4, -0.2) is 30.2 Å². The lowest BCUT2D eigenvalue weighted by Crippen LogP contribution is -2.60. The number of aliphatic hydroxyl groups is 1. The standard InChI is InChI=1S/C20H32O3/c1-19-9-4-5-13(19)12-6-7-14-18(23-3)15(21)8-10-20(14,2)17(12)16(22)11-19/h12-15,17-18,21H,4-11H2,1-3H3/t12-,13-,14-,15+,17+,18+,19-,20-/m0/s1. The molecule has 0 aromatic carbocycles. The van der Waals surface area contributed by atoms with Gasteiger partial charge in [-0.1, -0.05) is 20.3 Å². The monoisotopic (exact) mass is 320 g/mol. The van der Waals surface area contributed by atoms with Gasteiger partial charge in [0.1, 0.15) is 5.78 Å². The van der Waals surface area contributed by atoms with Crippen molar-refractivity contribution in [1.29, 1.82) is 0 Å². The SMILES string of the molecule is CO[C@H]1[C@H](O)CC[C@@]2(C)[C@H]1CC[C@H]1[C@@H]3CCC[C@@]3(C)CC(=O)[C@@H]12. The highest BCUT2D eigenvalue weighted by Gasteiger charge is 2.62. The molecule has 0 aromatic heterocycles. The van der Waals surface area contributed by atoms with Crippen LogP contribution in [0.15, 0.2) is 0 Å². The first-order chi connectivity index (χ1) is 10.9. The fraction of sp³-hybridized carbons (Fsp3) is 0.950. The molecule has 0 bridgehead atoms. The Morgan fingerprint density at radius 3 is 2.61 bits per heavy atom. The average Bonchev–Trinajstić information content (AvgIpc) is 2.88. The van der Waals surface area contributed by atoms with E-state index in [9.17, 15) is 9.90 Å². The fourth-order valence-corrected chi connectivity index (χ4v) is 7.44. The fourth-order valence-electron chi connectivity index (χ4n) is 7.44. The van der Waals surface area contributed by atoms with Gasteiger partial charge in [-0.15, -0.1) is 0 Å². The summed E-state index contributed by atoms with van der Waals surface area (Å²) >= 11 is 0. The molecule has 0 saturated heterocycles. The number of ketones is 1. The highest BCUT2D eigenvalue weighted by atomic mass is 16.5. The number of carbonyl (C=O) groups is 1. The van der Waals surface area contributed by atoms with E-state index in [1.54, 1.807) is 7.11 Å². The number of aliphatic hydroxyl groups excluding tert-OH is 1. The molecular weight excluding hydrogens is 288 g/mol. The van der Waals surface area contributed by atoms with Crippen LogP contribution in [0, 0.1) is 34.5 Å². The zero-order chi connectivity index (χ0) is 16.4. The van der Waals surface area contributed by atoms with E-state index in [0.29, 0.717) is 17.6 Å². The molecule has 0 aliphatic heterocycles. The summed E-state index contributed by atoms with van der Waals surface area (Å²) < 4.78 is 5.70. The van der Waals surface area contributed by atoms with E-state index in [1.807, 2.05) is 0 Å². The molecule has 3 heteroatoms. The van der Waals surface area contributed by atoms with Gasteiger partial charge in [-0.3, -0.25) is 4.79 Å². The maximum Gasteiger partial charge on any atom is 0.137 e. The van der Waals surface area contributed by atoms with Crippen molar-refractivity contribution in [2.75, 3.05) is 7.11 Å². The molecule has 0 spiro atoms. The zero-order valence-corrected chi connectivity index (χ0v) is 14.9. The van der Waals surface area contributed by atoms with Crippen molar-refractivity contribution in [2.24, 2.45) is 34.5 Å². The Morgan fingerprint density at radius 1 is 1.09 bits per heavy atom. The van der Waals surface area contributed by atoms with Crippen LogP contribution >= 0.6 is 0 Å². The maximum absolute atomic E-state index is 13.2. The number of fused-ring (bicyclic) bond motifs is 5. The van der Waals surface area contributed by atoms with Crippen molar-refractivity contribution in [3.8, 4) is 0 Å². The molecule has 8 atom stereocenters. The summed E-state index contributed by atoms with van der Waals surface area (Å²) in [7, 11) is 1.72. The first-order valence-corrected chi connectivity index (χ1v) is 9.64. The van der Waals surface area contributed by atoms with Crippen molar-refractivity contribution >= 4 is 5.78 Å². The number of hydrogen-bond donors (Lipinski definition) is 1. The van der Waals surface area contributed by atoms with E-state index in [2.05, 4.69) is 13.8 Å². The Labute approximate surface area is 140 Å². The van der Waals surface area contributed by atoms with E-state index in [0.717, 1.165) is 38.0 Å². The van der Waals surface area contributed by atoms with Crippen molar-refractivity contribution in [3.63, 3.8) is 0 Å². The molecular formula is C20H32O3. The summed E-state index contributed by atoms with van der Waals surface area (Å²) in [6.45, 7) is 4.71. The number of rotatable bonds is 1. The molecule has 0 unspecified atom stereocenters. The molecule has 4 aliphatic carbocycles. The second-order valence-electron chi connectivity index (χ2n) is 9.43. The number of methoxy groups -OCH3 is 1.